The van der Waals surface area contributed by atoms with Gasteiger partial charge in [-0.25, -0.2) is 4.79 Å². The summed E-state index contributed by atoms with van der Waals surface area (Å²) >= 11 is 0. The number of nitrogens with zero attached hydrogens (tertiary/aromatic N) is 1. The Balaban J connectivity index is 2.37. The molecule has 0 fully saturated rings. The van der Waals surface area contributed by atoms with Crippen LogP contribution in [0.25, 0.3) is 0 Å². The van der Waals surface area contributed by atoms with Crippen LogP contribution in [0.2, 0.25) is 0 Å². The van der Waals surface area contributed by atoms with Crippen LogP contribution < -0.4 is 0 Å². The third-order valence-electron chi connectivity index (χ3n) is 3.66. The van der Waals surface area contributed by atoms with E-state index in [1.54, 1.807) is 6.92 Å². The van der Waals surface area contributed by atoms with Crippen LogP contribution in [0.5, 0.6) is 0 Å². The number of esters is 1. The van der Waals surface area contributed by atoms with Crippen molar-refractivity contribution >= 4 is 11.7 Å². The summed E-state index contributed by atoms with van der Waals surface area (Å²) in [7, 11) is 0. The lowest BCUT2D eigenvalue weighted by atomic mass is 9.66. The van der Waals surface area contributed by atoms with E-state index in [0.717, 1.165) is 0 Å². The SMILES string of the molecule is CCOC(=O)C1(O)ON=C2C(OCC)=CCC(C)(C)C21. The predicted molar refractivity (Wildman–Crippen MR) is 71.7 cm³/mol. The fourth-order valence-corrected chi connectivity index (χ4v) is 2.75. The molecule has 112 valence electrons. The molecule has 0 radical (unpaired) electrons. The van der Waals surface area contributed by atoms with Crippen molar-refractivity contribution in [1.82, 2.24) is 0 Å². The Morgan fingerprint density at radius 1 is 1.50 bits per heavy atom. The number of oxime groups is 1. The topological polar surface area (TPSA) is 77.4 Å². The summed E-state index contributed by atoms with van der Waals surface area (Å²) in [5, 5.41) is 14.5. The first-order valence-electron chi connectivity index (χ1n) is 6.85. The van der Waals surface area contributed by atoms with E-state index in [9.17, 15) is 9.90 Å². The minimum Gasteiger partial charge on any atom is -0.492 e. The lowest BCUT2D eigenvalue weighted by molar-refractivity contribution is -0.240. The molecule has 1 aliphatic carbocycles. The van der Waals surface area contributed by atoms with E-state index < -0.39 is 23.1 Å². The zero-order valence-electron chi connectivity index (χ0n) is 12.3. The smallest absolute Gasteiger partial charge is 0.382 e. The van der Waals surface area contributed by atoms with E-state index in [2.05, 4.69) is 5.16 Å². The van der Waals surface area contributed by atoms with Gasteiger partial charge in [-0.3, -0.25) is 0 Å². The monoisotopic (exact) mass is 283 g/mol. The van der Waals surface area contributed by atoms with E-state index in [4.69, 9.17) is 14.3 Å². The number of rotatable bonds is 4. The third-order valence-corrected chi connectivity index (χ3v) is 3.66. The van der Waals surface area contributed by atoms with Gasteiger partial charge in [-0.05, 0) is 31.8 Å². The van der Waals surface area contributed by atoms with Crippen LogP contribution in [0, 0.1) is 11.3 Å². The number of hydrogen-bond donors (Lipinski definition) is 1. The van der Waals surface area contributed by atoms with Crippen molar-refractivity contribution in [3.8, 4) is 0 Å². The first-order chi connectivity index (χ1) is 9.36. The van der Waals surface area contributed by atoms with Crippen molar-refractivity contribution in [2.75, 3.05) is 13.2 Å². The minimum atomic E-state index is -2.08. The van der Waals surface area contributed by atoms with Crippen molar-refractivity contribution in [2.24, 2.45) is 16.5 Å². The Morgan fingerprint density at radius 2 is 2.20 bits per heavy atom. The molecule has 6 nitrogen and oxygen atoms in total. The van der Waals surface area contributed by atoms with Gasteiger partial charge in [-0.1, -0.05) is 19.0 Å². The summed E-state index contributed by atoms with van der Waals surface area (Å²) in [6, 6.07) is 0. The number of hydrogen-bond acceptors (Lipinski definition) is 6. The van der Waals surface area contributed by atoms with Crippen LogP contribution in [-0.4, -0.2) is 35.8 Å². The highest BCUT2D eigenvalue weighted by Gasteiger charge is 2.62. The fourth-order valence-electron chi connectivity index (χ4n) is 2.75. The molecule has 0 saturated heterocycles. The molecule has 20 heavy (non-hydrogen) atoms. The number of aliphatic hydroxyl groups is 1. The fraction of sp³-hybridized carbons (Fsp3) is 0.714. The van der Waals surface area contributed by atoms with Gasteiger partial charge >= 0.3 is 11.8 Å². The van der Waals surface area contributed by atoms with Crippen molar-refractivity contribution in [1.29, 1.82) is 0 Å². The molecule has 1 N–H and O–H groups in total. The molecular formula is C14H21NO5. The van der Waals surface area contributed by atoms with Crippen molar-refractivity contribution in [3.05, 3.63) is 11.8 Å². The molecule has 1 aliphatic heterocycles. The summed E-state index contributed by atoms with van der Waals surface area (Å²) in [6.07, 6.45) is 2.57. The number of carbonyl (C=O) groups is 1. The second-order valence-corrected chi connectivity index (χ2v) is 5.61. The summed E-state index contributed by atoms with van der Waals surface area (Å²) in [5.74, 6) is -2.93. The van der Waals surface area contributed by atoms with Gasteiger partial charge in [-0.2, -0.15) is 0 Å². The Bertz CT molecular complexity index is 468. The van der Waals surface area contributed by atoms with Crippen LogP contribution >= 0.6 is 0 Å². The maximum absolute atomic E-state index is 12.0. The van der Waals surface area contributed by atoms with Crippen LogP contribution in [-0.2, 0) is 19.1 Å². The predicted octanol–water partition coefficient (Wildman–Crippen LogP) is 1.59. The quantitative estimate of drug-likeness (QED) is 0.793. The Morgan fingerprint density at radius 3 is 2.80 bits per heavy atom. The maximum Gasteiger partial charge on any atom is 0.382 e. The van der Waals surface area contributed by atoms with Gasteiger partial charge in [0.2, 0.25) is 0 Å². The standard InChI is InChI=1S/C14H21NO5/c1-5-18-9-7-8-13(3,4)11-10(9)15-20-14(11,17)12(16)19-6-2/h7,11,17H,5-6,8H2,1-4H3. The van der Waals surface area contributed by atoms with Crippen LogP contribution in [0.15, 0.2) is 17.0 Å². The van der Waals surface area contributed by atoms with E-state index in [0.29, 0.717) is 24.5 Å². The minimum absolute atomic E-state index is 0.168. The third kappa shape index (κ3) is 2.18. The molecule has 0 aromatic carbocycles. The molecule has 0 bridgehead atoms. The second-order valence-electron chi connectivity index (χ2n) is 5.61. The van der Waals surface area contributed by atoms with Gasteiger partial charge < -0.3 is 19.4 Å². The summed E-state index contributed by atoms with van der Waals surface area (Å²) in [6.45, 7) is 8.09. The molecule has 0 saturated carbocycles. The van der Waals surface area contributed by atoms with Crippen LogP contribution in [0.4, 0.5) is 0 Å². The highest BCUT2D eigenvalue weighted by atomic mass is 16.8. The van der Waals surface area contributed by atoms with Gasteiger partial charge in [0.15, 0.2) is 0 Å². The van der Waals surface area contributed by atoms with Crippen LogP contribution in [0.1, 0.15) is 34.1 Å². The number of fused-ring (bicyclic) bond motifs is 1. The van der Waals surface area contributed by atoms with Gasteiger partial charge in [-0.15, -0.1) is 0 Å². The number of carbonyl (C=O) groups excluding carboxylic acids is 1. The Hall–Kier alpha value is -1.56. The average Bonchev–Trinajstić information content (AvgIpc) is 2.75. The Labute approximate surface area is 118 Å². The summed E-state index contributed by atoms with van der Waals surface area (Å²) < 4.78 is 10.4. The lowest BCUT2D eigenvalue weighted by Gasteiger charge is -2.39. The normalized spacial score (nSPS) is 30.8. The van der Waals surface area contributed by atoms with Gasteiger partial charge in [0, 0.05) is 0 Å². The van der Waals surface area contributed by atoms with E-state index in [1.807, 2.05) is 26.8 Å². The first-order valence-corrected chi connectivity index (χ1v) is 6.85. The van der Waals surface area contributed by atoms with Gasteiger partial charge in [0.05, 0.1) is 19.1 Å². The summed E-state index contributed by atoms with van der Waals surface area (Å²) in [4.78, 5) is 17.1. The van der Waals surface area contributed by atoms with E-state index in [-0.39, 0.29) is 6.61 Å². The van der Waals surface area contributed by atoms with Crippen molar-refractivity contribution < 1.29 is 24.2 Å². The molecular weight excluding hydrogens is 262 g/mol. The van der Waals surface area contributed by atoms with Gasteiger partial charge in [0.25, 0.3) is 0 Å². The lowest BCUT2D eigenvalue weighted by Crippen LogP contribution is -2.54. The highest BCUT2D eigenvalue weighted by Crippen LogP contribution is 2.48. The molecule has 0 aromatic heterocycles. The Kier molecular flexibility index (Phi) is 3.77. The molecule has 0 aromatic rings. The zero-order chi connectivity index (χ0) is 15.0. The van der Waals surface area contributed by atoms with Crippen LogP contribution in [0.3, 0.4) is 0 Å². The molecule has 0 amide bonds. The van der Waals surface area contributed by atoms with E-state index >= 15 is 0 Å². The zero-order valence-corrected chi connectivity index (χ0v) is 12.3. The van der Waals surface area contributed by atoms with Crippen molar-refractivity contribution in [3.63, 3.8) is 0 Å². The highest BCUT2D eigenvalue weighted by molar-refractivity contribution is 6.05. The van der Waals surface area contributed by atoms with Gasteiger partial charge in [0.1, 0.15) is 11.5 Å². The molecule has 6 heteroatoms. The molecule has 2 unspecified atom stereocenters. The molecule has 2 aliphatic rings. The second kappa shape index (κ2) is 5.09. The summed E-state index contributed by atoms with van der Waals surface area (Å²) in [5.41, 5.74) is 0.0796. The molecule has 1 heterocycles. The molecule has 0 spiro atoms. The largest absolute Gasteiger partial charge is 0.492 e. The maximum atomic E-state index is 12.0. The van der Waals surface area contributed by atoms with E-state index in [1.165, 1.54) is 0 Å². The molecule has 2 rings (SSSR count). The number of allylic oxidation sites excluding steroid dienone is 2. The number of ether oxygens (including phenoxy) is 2. The molecule has 2 atom stereocenters. The average molecular weight is 283 g/mol. The van der Waals surface area contributed by atoms with Crippen molar-refractivity contribution in [2.45, 2.75) is 39.9 Å². The first kappa shape index (κ1) is 14.8.